The monoisotopic (exact) mass is 283 g/mol. The van der Waals surface area contributed by atoms with Crippen molar-refractivity contribution >= 4 is 23.1 Å². The minimum absolute atomic E-state index is 0.0453. The van der Waals surface area contributed by atoms with Crippen molar-refractivity contribution in [3.8, 4) is 0 Å². The lowest BCUT2D eigenvalue weighted by atomic mass is 9.93. The first kappa shape index (κ1) is 15.8. The molecule has 1 aromatic rings. The number of methoxy groups -OCH3 is 1. The summed E-state index contributed by atoms with van der Waals surface area (Å²) in [5, 5.41) is 3.03. The predicted molar refractivity (Wildman–Crippen MR) is 75.4 cm³/mol. The second-order valence-electron chi connectivity index (χ2n) is 5.49. The van der Waals surface area contributed by atoms with Gasteiger partial charge in [-0.1, -0.05) is 20.8 Å². The highest BCUT2D eigenvalue weighted by Crippen LogP contribution is 2.24. The molecule has 0 radical (unpaired) electrons. The van der Waals surface area contributed by atoms with Crippen LogP contribution in [0.25, 0.3) is 0 Å². The normalized spacial score (nSPS) is 11.4. The molecule has 5 heteroatoms. The van der Waals surface area contributed by atoms with E-state index in [1.165, 1.54) is 7.11 Å². The van der Waals surface area contributed by atoms with E-state index >= 15 is 0 Å². The van der Waals surface area contributed by atoms with E-state index in [1.807, 2.05) is 5.38 Å². The lowest BCUT2D eigenvalue weighted by molar-refractivity contribution is -0.141. The average Bonchev–Trinajstić information content (AvgIpc) is 2.82. The Morgan fingerprint density at radius 2 is 1.95 bits per heavy atom. The van der Waals surface area contributed by atoms with Crippen molar-refractivity contribution in [1.29, 1.82) is 0 Å². The van der Waals surface area contributed by atoms with Crippen molar-refractivity contribution < 1.29 is 14.3 Å². The number of nitrogens with zero attached hydrogens (tertiary/aromatic N) is 1. The number of aryl methyl sites for hydroxylation is 1. The molecule has 0 amide bonds. The summed E-state index contributed by atoms with van der Waals surface area (Å²) in [5.74, 6) is -0.254. The molecule has 0 unspecified atom stereocenters. The van der Waals surface area contributed by atoms with Gasteiger partial charge in [0.1, 0.15) is 5.78 Å². The molecule has 1 aromatic heterocycles. The Morgan fingerprint density at radius 1 is 1.26 bits per heavy atom. The Balaban J connectivity index is 2.38. The number of aromatic nitrogens is 1. The van der Waals surface area contributed by atoms with Gasteiger partial charge in [-0.3, -0.25) is 9.59 Å². The maximum absolute atomic E-state index is 11.6. The van der Waals surface area contributed by atoms with Gasteiger partial charge < -0.3 is 4.74 Å². The van der Waals surface area contributed by atoms with Crippen LogP contribution in [0, 0.1) is 0 Å². The third-order valence-electron chi connectivity index (χ3n) is 2.77. The molecule has 1 heterocycles. The van der Waals surface area contributed by atoms with Crippen LogP contribution in [-0.2, 0) is 26.2 Å². The summed E-state index contributed by atoms with van der Waals surface area (Å²) in [6.45, 7) is 6.36. The fourth-order valence-corrected chi connectivity index (χ4v) is 2.51. The number of carbonyl (C=O) groups is 2. The fraction of sp³-hybridized carbons (Fsp3) is 0.643. The number of ether oxygens (including phenoxy) is 1. The van der Waals surface area contributed by atoms with E-state index in [9.17, 15) is 9.59 Å². The van der Waals surface area contributed by atoms with Crippen LogP contribution in [0.1, 0.15) is 50.7 Å². The van der Waals surface area contributed by atoms with Gasteiger partial charge in [-0.2, -0.15) is 0 Å². The summed E-state index contributed by atoms with van der Waals surface area (Å²) in [6, 6.07) is 0. The maximum atomic E-state index is 11.6. The minimum Gasteiger partial charge on any atom is -0.469 e. The molecule has 0 spiro atoms. The minimum atomic E-state index is -0.336. The van der Waals surface area contributed by atoms with Crippen molar-refractivity contribution in [2.75, 3.05) is 7.11 Å². The third kappa shape index (κ3) is 5.51. The molecule has 0 aromatic carbocycles. The number of carbonyl (C=O) groups excluding carboxylic acids is 2. The molecule has 0 aliphatic heterocycles. The van der Waals surface area contributed by atoms with Gasteiger partial charge in [0.15, 0.2) is 0 Å². The molecule has 4 nitrogen and oxygen atoms in total. The van der Waals surface area contributed by atoms with Crippen LogP contribution in [-0.4, -0.2) is 23.8 Å². The fourth-order valence-electron chi connectivity index (χ4n) is 1.49. The van der Waals surface area contributed by atoms with Gasteiger partial charge >= 0.3 is 5.97 Å². The van der Waals surface area contributed by atoms with Gasteiger partial charge in [-0.15, -0.1) is 11.3 Å². The molecule has 106 valence electrons. The predicted octanol–water partition coefficient (Wildman–Crippen LogP) is 2.90. The topological polar surface area (TPSA) is 56.3 Å². The van der Waals surface area contributed by atoms with Crippen LogP contribution >= 0.6 is 11.3 Å². The standard InChI is InChI=1S/C14H21NO3S/c1-14(2,3)11-9-19-12(15-11)7-5-10(16)6-8-13(17)18-4/h9H,5-8H2,1-4H3. The van der Waals surface area contributed by atoms with E-state index in [0.717, 1.165) is 10.7 Å². The van der Waals surface area contributed by atoms with E-state index in [4.69, 9.17) is 0 Å². The van der Waals surface area contributed by atoms with Crippen LogP contribution in [0.4, 0.5) is 0 Å². The van der Waals surface area contributed by atoms with E-state index in [2.05, 4.69) is 30.5 Å². The molecular formula is C14H21NO3S. The van der Waals surface area contributed by atoms with Gasteiger partial charge in [-0.25, -0.2) is 4.98 Å². The lowest BCUT2D eigenvalue weighted by Crippen LogP contribution is -2.11. The summed E-state index contributed by atoms with van der Waals surface area (Å²) in [5.41, 5.74) is 1.11. The highest BCUT2D eigenvalue weighted by molar-refractivity contribution is 7.09. The molecule has 0 bridgehead atoms. The summed E-state index contributed by atoms with van der Waals surface area (Å²) >= 11 is 1.59. The third-order valence-corrected chi connectivity index (χ3v) is 3.68. The first-order valence-corrected chi connectivity index (χ1v) is 7.24. The Bertz CT molecular complexity index is 446. The van der Waals surface area contributed by atoms with E-state index in [-0.39, 0.29) is 30.0 Å². The Hall–Kier alpha value is -1.23. The number of hydrogen-bond acceptors (Lipinski definition) is 5. The summed E-state index contributed by atoms with van der Waals surface area (Å²) in [4.78, 5) is 27.1. The van der Waals surface area contributed by atoms with Crippen molar-refractivity contribution in [1.82, 2.24) is 4.98 Å². The molecule has 0 aliphatic rings. The van der Waals surface area contributed by atoms with E-state index in [1.54, 1.807) is 11.3 Å². The van der Waals surface area contributed by atoms with Crippen LogP contribution in [0.2, 0.25) is 0 Å². The van der Waals surface area contributed by atoms with Crippen LogP contribution in [0.3, 0.4) is 0 Å². The zero-order valence-electron chi connectivity index (χ0n) is 12.0. The number of rotatable bonds is 6. The van der Waals surface area contributed by atoms with Gasteiger partial charge in [0.25, 0.3) is 0 Å². The van der Waals surface area contributed by atoms with Crippen molar-refractivity contribution in [2.24, 2.45) is 0 Å². The number of thiazole rings is 1. The van der Waals surface area contributed by atoms with Crippen LogP contribution < -0.4 is 0 Å². The lowest BCUT2D eigenvalue weighted by Gasteiger charge is -2.14. The van der Waals surface area contributed by atoms with Gasteiger partial charge in [0.05, 0.1) is 24.2 Å². The zero-order chi connectivity index (χ0) is 14.5. The highest BCUT2D eigenvalue weighted by Gasteiger charge is 2.17. The number of ketones is 1. The number of hydrogen-bond donors (Lipinski definition) is 0. The van der Waals surface area contributed by atoms with Gasteiger partial charge in [0, 0.05) is 30.1 Å². The van der Waals surface area contributed by atoms with Crippen LogP contribution in [0.15, 0.2) is 5.38 Å². The molecule has 0 atom stereocenters. The Kier molecular flexibility index (Phi) is 5.66. The Labute approximate surface area is 118 Å². The maximum Gasteiger partial charge on any atom is 0.305 e. The SMILES string of the molecule is COC(=O)CCC(=O)CCc1nc(C(C)(C)C)cs1. The molecule has 0 aliphatic carbocycles. The Morgan fingerprint density at radius 3 is 2.47 bits per heavy atom. The van der Waals surface area contributed by atoms with Crippen LogP contribution in [0.5, 0.6) is 0 Å². The number of esters is 1. The first-order valence-electron chi connectivity index (χ1n) is 6.36. The molecule has 0 saturated carbocycles. The summed E-state index contributed by atoms with van der Waals surface area (Å²) < 4.78 is 4.50. The molecule has 0 fully saturated rings. The highest BCUT2D eigenvalue weighted by atomic mass is 32.1. The molecule has 0 saturated heterocycles. The average molecular weight is 283 g/mol. The quantitative estimate of drug-likeness (QED) is 0.753. The largest absolute Gasteiger partial charge is 0.469 e. The summed E-state index contributed by atoms with van der Waals surface area (Å²) in [7, 11) is 1.33. The van der Waals surface area contributed by atoms with E-state index < -0.39 is 0 Å². The molecule has 0 N–H and O–H groups in total. The van der Waals surface area contributed by atoms with Gasteiger partial charge in [0.2, 0.25) is 0 Å². The zero-order valence-corrected chi connectivity index (χ0v) is 12.8. The van der Waals surface area contributed by atoms with E-state index in [0.29, 0.717) is 12.8 Å². The molecule has 1 rings (SSSR count). The second kappa shape index (κ2) is 6.80. The summed E-state index contributed by atoms with van der Waals surface area (Å²) in [6.07, 6.45) is 1.51. The van der Waals surface area contributed by atoms with Crippen molar-refractivity contribution in [3.05, 3.63) is 16.1 Å². The number of Topliss-reactive ketones (excluding diaryl/α,β-unsaturated/α-hetero) is 1. The van der Waals surface area contributed by atoms with Crippen molar-refractivity contribution in [2.45, 2.75) is 51.9 Å². The molecule has 19 heavy (non-hydrogen) atoms. The first-order chi connectivity index (χ1) is 8.82. The second-order valence-corrected chi connectivity index (χ2v) is 6.43. The molecular weight excluding hydrogens is 262 g/mol. The van der Waals surface area contributed by atoms with Gasteiger partial charge in [-0.05, 0) is 0 Å². The smallest absolute Gasteiger partial charge is 0.305 e. The van der Waals surface area contributed by atoms with Crippen molar-refractivity contribution in [3.63, 3.8) is 0 Å².